The molecule has 0 saturated heterocycles. The van der Waals surface area contributed by atoms with Crippen LogP contribution in [-0.4, -0.2) is 28.5 Å². The number of nitrogens with zero attached hydrogens (tertiary/aromatic N) is 1. The fraction of sp³-hybridized carbons (Fsp3) is 0.176. The van der Waals surface area contributed by atoms with Crippen molar-refractivity contribution in [1.82, 2.24) is 0 Å². The molecule has 2 rings (SSSR count). The maximum absolute atomic E-state index is 12.1. The lowest BCUT2D eigenvalue weighted by molar-refractivity contribution is -0.384. The molecule has 0 aliphatic heterocycles. The van der Waals surface area contributed by atoms with Gasteiger partial charge in [-0.3, -0.25) is 14.9 Å². The Balaban J connectivity index is 2.10. The average Bonchev–Trinajstić information content (AvgIpc) is 2.58. The van der Waals surface area contributed by atoms with Crippen LogP contribution in [0.1, 0.15) is 21.5 Å². The number of esters is 1. The van der Waals surface area contributed by atoms with Gasteiger partial charge >= 0.3 is 5.97 Å². The Morgan fingerprint density at radius 3 is 2.44 bits per heavy atom. The zero-order valence-electron chi connectivity index (χ0n) is 14.2. The van der Waals surface area contributed by atoms with Gasteiger partial charge < -0.3 is 15.2 Å². The van der Waals surface area contributed by atoms with E-state index in [2.05, 4.69) is 37.2 Å². The van der Waals surface area contributed by atoms with Crippen LogP contribution in [-0.2, 0) is 9.53 Å². The van der Waals surface area contributed by atoms with Crippen molar-refractivity contribution < 1.29 is 24.4 Å². The second-order valence-electron chi connectivity index (χ2n) is 5.62. The van der Waals surface area contributed by atoms with Crippen molar-refractivity contribution in [1.29, 1.82) is 0 Å². The standard InChI is InChI=1S/C17H14Br2N2O6/c1-8-3-13(14(21(25)26)4-9(8)2)20-15(22)7-27-17(24)11-5-10(18)6-12(19)16(11)23/h3-6,23H,7H2,1-2H3,(H,20,22). The number of halogens is 2. The van der Waals surface area contributed by atoms with Crippen molar-refractivity contribution >= 4 is 55.1 Å². The summed E-state index contributed by atoms with van der Waals surface area (Å²) in [7, 11) is 0. The third-order valence-corrected chi connectivity index (χ3v) is 4.73. The predicted octanol–water partition coefficient (Wildman–Crippen LogP) is 4.24. The highest BCUT2D eigenvalue weighted by atomic mass is 79.9. The number of aryl methyl sites for hydroxylation is 2. The smallest absolute Gasteiger partial charge is 0.342 e. The van der Waals surface area contributed by atoms with Crippen LogP contribution in [0.15, 0.2) is 33.2 Å². The van der Waals surface area contributed by atoms with Crippen LogP contribution in [0.4, 0.5) is 11.4 Å². The van der Waals surface area contributed by atoms with Gasteiger partial charge in [-0.15, -0.1) is 0 Å². The molecule has 27 heavy (non-hydrogen) atoms. The monoisotopic (exact) mass is 500 g/mol. The summed E-state index contributed by atoms with van der Waals surface area (Å²) in [5.41, 5.74) is 1.09. The van der Waals surface area contributed by atoms with E-state index in [0.717, 1.165) is 5.56 Å². The van der Waals surface area contributed by atoms with Gasteiger partial charge in [0.15, 0.2) is 6.61 Å². The van der Waals surface area contributed by atoms with Gasteiger partial charge in [-0.1, -0.05) is 15.9 Å². The van der Waals surface area contributed by atoms with Crippen LogP contribution < -0.4 is 5.32 Å². The number of nitro groups is 1. The number of carbonyl (C=O) groups excluding carboxylic acids is 2. The van der Waals surface area contributed by atoms with Crippen LogP contribution in [0.5, 0.6) is 5.75 Å². The van der Waals surface area contributed by atoms with E-state index >= 15 is 0 Å². The number of amides is 1. The number of anilines is 1. The number of ether oxygens (including phenoxy) is 1. The minimum atomic E-state index is -0.917. The fourth-order valence-electron chi connectivity index (χ4n) is 2.17. The van der Waals surface area contributed by atoms with Crippen molar-refractivity contribution in [3.05, 3.63) is 60.0 Å². The molecule has 0 aliphatic carbocycles. The van der Waals surface area contributed by atoms with Gasteiger partial charge in [0.1, 0.15) is 17.0 Å². The lowest BCUT2D eigenvalue weighted by atomic mass is 10.1. The van der Waals surface area contributed by atoms with Gasteiger partial charge in [0.2, 0.25) is 0 Å². The van der Waals surface area contributed by atoms with Gasteiger partial charge in [0.25, 0.3) is 11.6 Å². The molecule has 0 atom stereocenters. The highest BCUT2D eigenvalue weighted by Gasteiger charge is 2.20. The number of nitrogens with one attached hydrogen (secondary N) is 1. The topological polar surface area (TPSA) is 119 Å². The molecule has 0 heterocycles. The Kier molecular flexibility index (Phi) is 6.55. The van der Waals surface area contributed by atoms with Crippen LogP contribution in [0.2, 0.25) is 0 Å². The van der Waals surface area contributed by atoms with Gasteiger partial charge in [-0.2, -0.15) is 0 Å². The summed E-state index contributed by atoms with van der Waals surface area (Å²) in [5.74, 6) is -1.99. The first-order valence-electron chi connectivity index (χ1n) is 7.50. The number of benzene rings is 2. The predicted molar refractivity (Wildman–Crippen MR) is 105 cm³/mol. The SMILES string of the molecule is Cc1cc(NC(=O)COC(=O)c2cc(Br)cc(Br)c2O)c([N+](=O)[O-])cc1C. The number of aromatic hydroxyl groups is 1. The van der Waals surface area contributed by atoms with E-state index in [4.69, 9.17) is 4.74 Å². The summed E-state index contributed by atoms with van der Waals surface area (Å²) in [6.07, 6.45) is 0. The number of nitro benzene ring substituents is 1. The largest absolute Gasteiger partial charge is 0.506 e. The molecule has 1 amide bonds. The van der Waals surface area contributed by atoms with E-state index in [1.807, 2.05) is 0 Å². The summed E-state index contributed by atoms with van der Waals surface area (Å²) in [5, 5.41) is 23.4. The molecule has 0 unspecified atom stereocenters. The Labute approximate surface area is 170 Å². The van der Waals surface area contributed by atoms with Crippen LogP contribution in [0, 0.1) is 24.0 Å². The number of phenols is 1. The molecule has 0 aromatic heterocycles. The zero-order valence-corrected chi connectivity index (χ0v) is 17.4. The number of carbonyl (C=O) groups is 2. The lowest BCUT2D eigenvalue weighted by Crippen LogP contribution is -2.21. The maximum atomic E-state index is 12.1. The van der Waals surface area contributed by atoms with Crippen molar-refractivity contribution in [2.75, 3.05) is 11.9 Å². The molecule has 8 nitrogen and oxygen atoms in total. The molecule has 0 bridgehead atoms. The number of phenolic OH excluding ortho intramolecular Hbond substituents is 1. The van der Waals surface area contributed by atoms with Gasteiger partial charge in [0, 0.05) is 10.5 Å². The van der Waals surface area contributed by atoms with Gasteiger partial charge in [-0.05, 0) is 59.1 Å². The maximum Gasteiger partial charge on any atom is 0.342 e. The molecule has 0 saturated carbocycles. The Bertz CT molecular complexity index is 946. The van der Waals surface area contributed by atoms with Crippen molar-refractivity contribution in [3.63, 3.8) is 0 Å². The van der Waals surface area contributed by atoms with E-state index in [1.54, 1.807) is 13.8 Å². The first-order chi connectivity index (χ1) is 12.6. The number of rotatable bonds is 5. The van der Waals surface area contributed by atoms with E-state index in [9.17, 15) is 24.8 Å². The minimum Gasteiger partial charge on any atom is -0.506 e. The summed E-state index contributed by atoms with van der Waals surface area (Å²) in [4.78, 5) is 34.7. The second-order valence-corrected chi connectivity index (χ2v) is 7.39. The molecule has 0 spiro atoms. The molecule has 2 N–H and O–H groups in total. The molecule has 0 aliphatic rings. The van der Waals surface area contributed by atoms with Crippen LogP contribution >= 0.6 is 31.9 Å². The van der Waals surface area contributed by atoms with Gasteiger partial charge in [0.05, 0.1) is 9.40 Å². The molecular formula is C17H14Br2N2O6. The zero-order chi connectivity index (χ0) is 20.3. The minimum absolute atomic E-state index is 0.0113. The lowest BCUT2D eigenvalue weighted by Gasteiger charge is -2.10. The average molecular weight is 502 g/mol. The first kappa shape index (κ1) is 20.8. The van der Waals surface area contributed by atoms with Gasteiger partial charge in [-0.25, -0.2) is 4.79 Å². The second kappa shape index (κ2) is 8.49. The fourth-order valence-corrected chi connectivity index (χ4v) is 3.39. The van der Waals surface area contributed by atoms with E-state index in [1.165, 1.54) is 24.3 Å². The van der Waals surface area contributed by atoms with E-state index < -0.39 is 23.4 Å². The quantitative estimate of drug-likeness (QED) is 0.359. The molecule has 0 radical (unpaired) electrons. The molecule has 10 heteroatoms. The van der Waals surface area contributed by atoms with Crippen LogP contribution in [0.25, 0.3) is 0 Å². The normalized spacial score (nSPS) is 10.4. The van der Waals surface area contributed by atoms with Crippen molar-refractivity contribution in [2.24, 2.45) is 0 Å². The number of hydrogen-bond donors (Lipinski definition) is 2. The number of hydrogen-bond acceptors (Lipinski definition) is 6. The van der Waals surface area contributed by atoms with Crippen LogP contribution in [0.3, 0.4) is 0 Å². The Hall–Kier alpha value is -2.46. The highest BCUT2D eigenvalue weighted by Crippen LogP contribution is 2.32. The van der Waals surface area contributed by atoms with E-state index in [0.29, 0.717) is 10.0 Å². The Morgan fingerprint density at radius 1 is 1.19 bits per heavy atom. The van der Waals surface area contributed by atoms with E-state index in [-0.39, 0.29) is 27.2 Å². The molecule has 2 aromatic rings. The molecular weight excluding hydrogens is 488 g/mol. The summed E-state index contributed by atoms with van der Waals surface area (Å²) < 4.78 is 5.68. The third kappa shape index (κ3) is 5.04. The third-order valence-electron chi connectivity index (χ3n) is 3.67. The Morgan fingerprint density at radius 2 is 1.81 bits per heavy atom. The molecule has 2 aromatic carbocycles. The summed E-state index contributed by atoms with van der Waals surface area (Å²) in [6.45, 7) is 2.80. The molecule has 0 fully saturated rings. The molecule has 142 valence electrons. The summed E-state index contributed by atoms with van der Waals surface area (Å²) in [6, 6.07) is 5.71. The highest BCUT2D eigenvalue weighted by molar-refractivity contribution is 9.11. The van der Waals surface area contributed by atoms with Crippen molar-refractivity contribution in [3.8, 4) is 5.75 Å². The first-order valence-corrected chi connectivity index (χ1v) is 9.09. The summed E-state index contributed by atoms with van der Waals surface area (Å²) >= 11 is 6.27. The van der Waals surface area contributed by atoms with Crippen molar-refractivity contribution in [2.45, 2.75) is 13.8 Å².